The number of fused-ring (bicyclic) bond motifs is 2. The van der Waals surface area contributed by atoms with Crippen LogP contribution in [0.5, 0.6) is 23.3 Å². The number of rotatable bonds is 5. The van der Waals surface area contributed by atoms with Gasteiger partial charge in [0.1, 0.15) is 11.5 Å². The molecular formula is C21H20N4O6S2. The molecular weight excluding hydrogens is 468 g/mol. The summed E-state index contributed by atoms with van der Waals surface area (Å²) in [5, 5.41) is 22.6. The number of thioether (sulfide) groups is 2. The SMILES string of the molecule is COc1ccc(C(c2c(O)nc3n(c2=O)CCS3)c2c(O)nc3n(c2=O)CCS3)c(OC)c1. The summed E-state index contributed by atoms with van der Waals surface area (Å²) in [6, 6.07) is 4.90. The van der Waals surface area contributed by atoms with Crippen LogP contribution in [0.25, 0.3) is 0 Å². The van der Waals surface area contributed by atoms with Crippen molar-refractivity contribution in [2.75, 3.05) is 25.7 Å². The molecule has 2 N–H and O–H groups in total. The second kappa shape index (κ2) is 8.34. The van der Waals surface area contributed by atoms with Crippen molar-refractivity contribution in [3.05, 3.63) is 55.6 Å². The summed E-state index contributed by atoms with van der Waals surface area (Å²) in [5.74, 6) is -0.0534. The lowest BCUT2D eigenvalue weighted by atomic mass is 9.86. The van der Waals surface area contributed by atoms with Gasteiger partial charge in [-0.2, -0.15) is 9.97 Å². The zero-order valence-corrected chi connectivity index (χ0v) is 19.4. The number of aromatic hydroxyl groups is 2. The molecule has 0 fully saturated rings. The highest BCUT2D eigenvalue weighted by Crippen LogP contribution is 2.42. The standard InChI is InChI=1S/C21H20N4O6S2/c1-30-10-3-4-11(12(9-10)31-2)13(14-16(26)22-20-24(18(14)28)5-7-32-20)15-17(27)23-21-25(19(15)29)6-8-33-21/h3-4,9,13,26-27H,5-8H2,1-2H3. The Morgan fingerprint density at radius 3 is 1.94 bits per heavy atom. The molecule has 3 aromatic rings. The van der Waals surface area contributed by atoms with Crippen molar-refractivity contribution in [2.45, 2.75) is 29.3 Å². The van der Waals surface area contributed by atoms with Crippen molar-refractivity contribution in [3.8, 4) is 23.3 Å². The van der Waals surface area contributed by atoms with Gasteiger partial charge in [0.25, 0.3) is 11.1 Å². The van der Waals surface area contributed by atoms with Gasteiger partial charge in [0, 0.05) is 36.2 Å². The molecule has 0 amide bonds. The van der Waals surface area contributed by atoms with Crippen molar-refractivity contribution < 1.29 is 19.7 Å². The first-order valence-corrected chi connectivity index (χ1v) is 12.1. The number of hydrogen-bond acceptors (Lipinski definition) is 10. The van der Waals surface area contributed by atoms with Gasteiger partial charge >= 0.3 is 0 Å². The summed E-state index contributed by atoms with van der Waals surface area (Å²) < 4.78 is 13.8. The van der Waals surface area contributed by atoms with E-state index in [1.165, 1.54) is 46.9 Å². The largest absolute Gasteiger partial charge is 0.497 e. The van der Waals surface area contributed by atoms with Crippen molar-refractivity contribution >= 4 is 23.5 Å². The van der Waals surface area contributed by atoms with Gasteiger partial charge in [-0.1, -0.05) is 29.6 Å². The molecule has 0 saturated carbocycles. The molecule has 0 atom stereocenters. The molecule has 0 saturated heterocycles. The topological polar surface area (TPSA) is 129 Å². The minimum atomic E-state index is -1.17. The first kappa shape index (κ1) is 21.7. The van der Waals surface area contributed by atoms with Gasteiger partial charge < -0.3 is 19.7 Å². The number of benzene rings is 1. The van der Waals surface area contributed by atoms with Crippen LogP contribution >= 0.6 is 23.5 Å². The fraction of sp³-hybridized carbons (Fsp3) is 0.333. The molecule has 0 radical (unpaired) electrons. The molecule has 12 heteroatoms. The summed E-state index contributed by atoms with van der Waals surface area (Å²) in [5.41, 5.74) is -0.817. The van der Waals surface area contributed by atoms with E-state index in [1.54, 1.807) is 18.2 Å². The Morgan fingerprint density at radius 1 is 0.909 bits per heavy atom. The number of hydrogen-bond donors (Lipinski definition) is 2. The highest BCUT2D eigenvalue weighted by molar-refractivity contribution is 7.99. The van der Waals surface area contributed by atoms with E-state index in [4.69, 9.17) is 9.47 Å². The number of methoxy groups -OCH3 is 2. The minimum absolute atomic E-state index is 0.120. The Bertz CT molecular complexity index is 1310. The van der Waals surface area contributed by atoms with E-state index < -0.39 is 28.8 Å². The van der Waals surface area contributed by atoms with E-state index in [2.05, 4.69) is 9.97 Å². The second-order valence-electron chi connectivity index (χ2n) is 7.41. The fourth-order valence-electron chi connectivity index (χ4n) is 4.17. The van der Waals surface area contributed by atoms with Gasteiger partial charge in [0.05, 0.1) is 31.3 Å². The Labute approximate surface area is 196 Å². The van der Waals surface area contributed by atoms with Crippen molar-refractivity contribution in [3.63, 3.8) is 0 Å². The molecule has 0 bridgehead atoms. The maximum absolute atomic E-state index is 13.5. The molecule has 1 aromatic carbocycles. The third-order valence-corrected chi connectivity index (χ3v) is 7.63. The van der Waals surface area contributed by atoms with Crippen LogP contribution in [0.3, 0.4) is 0 Å². The van der Waals surface area contributed by atoms with Gasteiger partial charge in [-0.25, -0.2) is 0 Å². The van der Waals surface area contributed by atoms with Crippen LogP contribution < -0.4 is 20.6 Å². The third kappa shape index (κ3) is 3.44. The second-order valence-corrected chi connectivity index (χ2v) is 9.54. The highest BCUT2D eigenvalue weighted by Gasteiger charge is 2.36. The van der Waals surface area contributed by atoms with Crippen LogP contribution in [0.1, 0.15) is 22.6 Å². The van der Waals surface area contributed by atoms with Crippen LogP contribution in [0.4, 0.5) is 0 Å². The first-order valence-electron chi connectivity index (χ1n) is 10.1. The summed E-state index contributed by atoms with van der Waals surface area (Å²) in [6.07, 6.45) is 0. The Morgan fingerprint density at radius 2 is 1.45 bits per heavy atom. The maximum atomic E-state index is 13.5. The molecule has 2 aromatic heterocycles. The zero-order chi connectivity index (χ0) is 23.3. The van der Waals surface area contributed by atoms with Gasteiger partial charge in [-0.05, 0) is 6.07 Å². The number of aromatic nitrogens is 4. The molecule has 10 nitrogen and oxygen atoms in total. The molecule has 2 aliphatic heterocycles. The first-order chi connectivity index (χ1) is 15.9. The average molecular weight is 489 g/mol. The van der Waals surface area contributed by atoms with Crippen molar-refractivity contribution in [1.29, 1.82) is 0 Å². The van der Waals surface area contributed by atoms with Crippen LogP contribution in [0, 0.1) is 0 Å². The van der Waals surface area contributed by atoms with Gasteiger partial charge in [-0.3, -0.25) is 18.7 Å². The smallest absolute Gasteiger partial charge is 0.262 e. The monoisotopic (exact) mass is 488 g/mol. The van der Waals surface area contributed by atoms with E-state index in [1.807, 2.05) is 0 Å². The predicted octanol–water partition coefficient (Wildman–Crippen LogP) is 1.62. The van der Waals surface area contributed by atoms with Crippen molar-refractivity contribution in [1.82, 2.24) is 19.1 Å². The average Bonchev–Trinajstić information content (AvgIpc) is 3.47. The summed E-state index contributed by atoms with van der Waals surface area (Å²) in [7, 11) is 2.95. The lowest BCUT2D eigenvalue weighted by Gasteiger charge is -2.22. The lowest BCUT2D eigenvalue weighted by Crippen LogP contribution is -2.32. The highest BCUT2D eigenvalue weighted by atomic mass is 32.2. The van der Waals surface area contributed by atoms with E-state index in [-0.39, 0.29) is 11.1 Å². The van der Waals surface area contributed by atoms with Crippen LogP contribution in [0.2, 0.25) is 0 Å². The maximum Gasteiger partial charge on any atom is 0.262 e. The van der Waals surface area contributed by atoms with E-state index in [9.17, 15) is 19.8 Å². The van der Waals surface area contributed by atoms with E-state index in [0.29, 0.717) is 52.0 Å². The minimum Gasteiger partial charge on any atom is -0.497 e. The van der Waals surface area contributed by atoms with E-state index in [0.717, 1.165) is 0 Å². The molecule has 33 heavy (non-hydrogen) atoms. The third-order valence-electron chi connectivity index (χ3n) is 5.72. The fourth-order valence-corrected chi connectivity index (χ4v) is 6.04. The Balaban J connectivity index is 1.86. The van der Waals surface area contributed by atoms with E-state index >= 15 is 0 Å². The summed E-state index contributed by atoms with van der Waals surface area (Å²) >= 11 is 2.73. The van der Waals surface area contributed by atoms with Crippen molar-refractivity contribution in [2.24, 2.45) is 0 Å². The van der Waals surface area contributed by atoms with Crippen LogP contribution in [-0.2, 0) is 13.1 Å². The molecule has 172 valence electrons. The van der Waals surface area contributed by atoms with Crippen LogP contribution in [-0.4, -0.2) is 55.0 Å². The zero-order valence-electron chi connectivity index (χ0n) is 17.8. The molecule has 0 unspecified atom stereocenters. The van der Waals surface area contributed by atoms with Gasteiger partial charge in [0.2, 0.25) is 11.8 Å². The Kier molecular flexibility index (Phi) is 5.49. The molecule has 5 rings (SSSR count). The Hall–Kier alpha value is -3.12. The summed E-state index contributed by atoms with van der Waals surface area (Å²) in [6.45, 7) is 0.852. The van der Waals surface area contributed by atoms with Crippen LogP contribution in [0.15, 0.2) is 38.1 Å². The molecule has 0 aliphatic carbocycles. The number of ether oxygens (including phenoxy) is 2. The summed E-state index contributed by atoms with van der Waals surface area (Å²) in [4.78, 5) is 35.5. The van der Waals surface area contributed by atoms with Gasteiger partial charge in [-0.15, -0.1) is 0 Å². The quantitative estimate of drug-likeness (QED) is 0.511. The predicted molar refractivity (Wildman–Crippen MR) is 122 cm³/mol. The van der Waals surface area contributed by atoms with Gasteiger partial charge in [0.15, 0.2) is 10.3 Å². The molecule has 2 aliphatic rings. The normalized spacial score (nSPS) is 14.4. The lowest BCUT2D eigenvalue weighted by molar-refractivity contribution is 0.387. The number of nitrogens with zero attached hydrogens (tertiary/aromatic N) is 4. The molecule has 4 heterocycles. The molecule has 0 spiro atoms.